The van der Waals surface area contributed by atoms with Gasteiger partial charge in [0.1, 0.15) is 5.75 Å². The molecule has 1 aromatic carbocycles. The molecule has 15 heavy (non-hydrogen) atoms. The first-order valence-electron chi connectivity index (χ1n) is 3.57. The lowest BCUT2D eigenvalue weighted by Crippen LogP contribution is -2.07. The van der Waals surface area contributed by atoms with Crippen LogP contribution < -0.4 is 14.5 Å². The van der Waals surface area contributed by atoms with Crippen LogP contribution in [0.25, 0.3) is 0 Å². The molecule has 0 radical (unpaired) electrons. The number of phosphoric ester groups is 1. The van der Waals surface area contributed by atoms with Crippen LogP contribution >= 0.6 is 7.82 Å². The van der Waals surface area contributed by atoms with E-state index in [-0.39, 0.29) is 0 Å². The Kier molecular flexibility index (Phi) is 2.99. The molecule has 1 unspecified atom stereocenters. The molecule has 0 aromatic heterocycles. The fourth-order valence-corrected chi connectivity index (χ4v) is 1.25. The monoisotopic (exact) mass is 232 g/mol. The zero-order valence-corrected chi connectivity index (χ0v) is 8.01. The summed E-state index contributed by atoms with van der Waals surface area (Å²) in [5, 5.41) is 19.4. The van der Waals surface area contributed by atoms with E-state index in [1.54, 1.807) is 0 Å². The minimum atomic E-state index is -5.04. The van der Waals surface area contributed by atoms with Crippen molar-refractivity contribution >= 4 is 13.8 Å². The minimum absolute atomic E-state index is 0.425. The summed E-state index contributed by atoms with van der Waals surface area (Å²) in [6.45, 7) is 0. The Bertz CT molecular complexity index is 435. The molecule has 7 nitrogen and oxygen atoms in total. The molecule has 2 N–H and O–H groups in total. The van der Waals surface area contributed by atoms with Crippen molar-refractivity contribution in [3.8, 4) is 11.5 Å². The van der Waals surface area contributed by atoms with E-state index < -0.39 is 30.9 Å². The summed E-state index contributed by atoms with van der Waals surface area (Å²) in [4.78, 5) is 29.1. The summed E-state index contributed by atoms with van der Waals surface area (Å²) in [6, 6.07) is 2.35. The summed E-state index contributed by atoms with van der Waals surface area (Å²) < 4.78 is 14.3. The minimum Gasteiger partial charge on any atom is -0.872 e. The Balaban J connectivity index is 3.10. The van der Waals surface area contributed by atoms with Gasteiger partial charge in [0.25, 0.3) is 0 Å². The first kappa shape index (κ1) is 11.5. The zero-order valence-electron chi connectivity index (χ0n) is 7.11. The highest BCUT2D eigenvalue weighted by molar-refractivity contribution is 7.45. The highest BCUT2D eigenvalue weighted by Crippen LogP contribution is 2.34. The van der Waals surface area contributed by atoms with Gasteiger partial charge in [0.2, 0.25) is 0 Å². The number of aromatic carboxylic acids is 1. The molecule has 8 heteroatoms. The predicted octanol–water partition coefficient (Wildman–Crippen LogP) is -0.702. The van der Waals surface area contributed by atoms with Gasteiger partial charge in [-0.1, -0.05) is 6.07 Å². The van der Waals surface area contributed by atoms with Crippen molar-refractivity contribution in [2.24, 2.45) is 0 Å². The van der Waals surface area contributed by atoms with Gasteiger partial charge in [-0.25, -0.2) is 4.79 Å². The maximum absolute atomic E-state index is 10.9. The average Bonchev–Trinajstić information content (AvgIpc) is 1.99. The van der Waals surface area contributed by atoms with Gasteiger partial charge in [-0.3, -0.25) is 4.57 Å². The third-order valence-electron chi connectivity index (χ3n) is 1.35. The van der Waals surface area contributed by atoms with E-state index in [9.17, 15) is 19.4 Å². The van der Waals surface area contributed by atoms with Crippen LogP contribution in [0.5, 0.6) is 11.5 Å². The van der Waals surface area contributed by atoms with Gasteiger partial charge in [0.15, 0.2) is 0 Å². The van der Waals surface area contributed by atoms with Crippen molar-refractivity contribution in [1.82, 2.24) is 0 Å². The van der Waals surface area contributed by atoms with E-state index in [0.29, 0.717) is 0 Å². The Morgan fingerprint density at radius 1 is 1.40 bits per heavy atom. The Morgan fingerprint density at radius 3 is 2.47 bits per heavy atom. The van der Waals surface area contributed by atoms with E-state index >= 15 is 0 Å². The number of benzene rings is 1. The van der Waals surface area contributed by atoms with Crippen LogP contribution in [-0.4, -0.2) is 16.0 Å². The Hall–Kier alpha value is -1.56. The van der Waals surface area contributed by atoms with Crippen molar-refractivity contribution in [2.75, 3.05) is 0 Å². The van der Waals surface area contributed by atoms with Crippen molar-refractivity contribution in [2.45, 2.75) is 0 Å². The molecule has 0 amide bonds. The van der Waals surface area contributed by atoms with Crippen LogP contribution in [0.1, 0.15) is 10.4 Å². The van der Waals surface area contributed by atoms with Gasteiger partial charge in [0.05, 0.1) is 5.56 Å². The zero-order chi connectivity index (χ0) is 11.6. The van der Waals surface area contributed by atoms with Crippen molar-refractivity contribution in [3.63, 3.8) is 0 Å². The maximum atomic E-state index is 10.9. The second-order valence-corrected chi connectivity index (χ2v) is 3.68. The second kappa shape index (κ2) is 3.90. The molecular formula is C7H5O7P-2. The number of rotatable bonds is 3. The van der Waals surface area contributed by atoms with Crippen LogP contribution in [0.3, 0.4) is 0 Å². The fraction of sp³-hybridized carbons (Fsp3) is 0. The number of carboxylic acids is 1. The van der Waals surface area contributed by atoms with Gasteiger partial charge in [-0.05, 0) is 12.1 Å². The van der Waals surface area contributed by atoms with Gasteiger partial charge in [-0.2, -0.15) is 0 Å². The molecule has 0 saturated heterocycles. The molecule has 1 rings (SSSR count). The molecule has 0 aliphatic rings. The lowest BCUT2D eigenvalue weighted by atomic mass is 10.2. The van der Waals surface area contributed by atoms with Crippen molar-refractivity contribution in [1.29, 1.82) is 0 Å². The molecule has 0 aliphatic carbocycles. The summed E-state index contributed by atoms with van der Waals surface area (Å²) in [7, 11) is -5.04. The lowest BCUT2D eigenvalue weighted by Gasteiger charge is -2.18. The predicted molar refractivity (Wildman–Crippen MR) is 43.3 cm³/mol. The Labute approximate surface area is 83.8 Å². The quantitative estimate of drug-likeness (QED) is 0.658. The van der Waals surface area contributed by atoms with Crippen LogP contribution in [0, 0.1) is 0 Å². The summed E-state index contributed by atoms with van der Waals surface area (Å²) >= 11 is 0. The average molecular weight is 232 g/mol. The number of carbonyl (C=O) groups is 1. The first-order valence-corrected chi connectivity index (χ1v) is 5.06. The summed E-state index contributed by atoms with van der Waals surface area (Å²) in [5.41, 5.74) is -0.425. The number of hydrogen-bond donors (Lipinski definition) is 2. The molecule has 0 spiro atoms. The van der Waals surface area contributed by atoms with Crippen molar-refractivity contribution < 1.29 is 33.9 Å². The summed E-state index contributed by atoms with van der Waals surface area (Å²) in [6.07, 6.45) is 0. The largest absolute Gasteiger partial charge is 0.872 e. The van der Waals surface area contributed by atoms with Crippen LogP contribution in [0.2, 0.25) is 0 Å². The van der Waals surface area contributed by atoms with Crippen LogP contribution in [0.4, 0.5) is 0 Å². The van der Waals surface area contributed by atoms with Crippen molar-refractivity contribution in [3.05, 3.63) is 23.8 Å². The summed E-state index contributed by atoms with van der Waals surface area (Å²) in [5.74, 6) is -2.68. The number of phosphoric acid groups is 1. The first-order chi connectivity index (χ1) is 6.78. The molecule has 82 valence electrons. The SMILES string of the molecule is O=C(O)c1cc([O-])cc(OP(=O)([O-])O)c1. The third kappa shape index (κ3) is 3.59. The van der Waals surface area contributed by atoms with E-state index in [1.165, 1.54) is 0 Å². The molecule has 0 fully saturated rings. The highest BCUT2D eigenvalue weighted by Gasteiger charge is 2.08. The molecule has 0 aliphatic heterocycles. The molecule has 0 bridgehead atoms. The standard InChI is InChI=1S/C7H7O7P/c8-5-1-4(7(9)10)2-6(3-5)14-15(11,12)13/h1-3,8H,(H,9,10)(H2,11,12,13)/p-2. The molecular weight excluding hydrogens is 227 g/mol. The van der Waals surface area contributed by atoms with Gasteiger partial charge in [-0.15, -0.1) is 5.75 Å². The number of hydrogen-bond acceptors (Lipinski definition) is 5. The lowest BCUT2D eigenvalue weighted by molar-refractivity contribution is -0.268. The normalized spacial score (nSPS) is 14.3. The number of carboxylic acid groups (broad SMARTS) is 1. The highest BCUT2D eigenvalue weighted by atomic mass is 31.2. The van der Waals surface area contributed by atoms with Crippen LogP contribution in [0.15, 0.2) is 18.2 Å². The fourth-order valence-electron chi connectivity index (χ4n) is 0.881. The second-order valence-electron chi connectivity index (χ2n) is 2.56. The molecule has 0 heterocycles. The molecule has 1 atom stereocenters. The van der Waals surface area contributed by atoms with Gasteiger partial charge >= 0.3 is 13.8 Å². The smallest absolute Gasteiger partial charge is 0.335 e. The van der Waals surface area contributed by atoms with Crippen LogP contribution in [-0.2, 0) is 4.57 Å². The van der Waals surface area contributed by atoms with E-state index in [2.05, 4.69) is 4.52 Å². The molecule has 0 saturated carbocycles. The van der Waals surface area contributed by atoms with E-state index in [1.807, 2.05) is 0 Å². The maximum Gasteiger partial charge on any atom is 0.335 e. The van der Waals surface area contributed by atoms with E-state index in [0.717, 1.165) is 18.2 Å². The van der Waals surface area contributed by atoms with E-state index in [4.69, 9.17) is 10.00 Å². The Morgan fingerprint density at radius 2 is 2.00 bits per heavy atom. The topological polar surface area (TPSA) is 130 Å². The molecule has 1 aromatic rings. The van der Waals surface area contributed by atoms with Gasteiger partial charge < -0.3 is 24.5 Å². The van der Waals surface area contributed by atoms with Gasteiger partial charge in [0, 0.05) is 0 Å². The third-order valence-corrected chi connectivity index (χ3v) is 1.79.